The van der Waals surface area contributed by atoms with Crippen LogP contribution in [0.2, 0.25) is 0 Å². The Labute approximate surface area is 256 Å². The van der Waals surface area contributed by atoms with Gasteiger partial charge in [0.25, 0.3) is 17.4 Å². The molecule has 2 amide bonds. The van der Waals surface area contributed by atoms with Gasteiger partial charge >= 0.3 is 0 Å². The molecule has 2 aromatic carbocycles. The normalized spacial score (nSPS) is 16.6. The van der Waals surface area contributed by atoms with Crippen molar-refractivity contribution in [2.75, 3.05) is 32.1 Å². The van der Waals surface area contributed by atoms with E-state index in [2.05, 4.69) is 5.32 Å². The van der Waals surface area contributed by atoms with Gasteiger partial charge in [-0.2, -0.15) is 0 Å². The van der Waals surface area contributed by atoms with Crippen molar-refractivity contribution in [2.45, 2.75) is 25.8 Å². The summed E-state index contributed by atoms with van der Waals surface area (Å²) in [4.78, 5) is 47.8. The van der Waals surface area contributed by atoms with E-state index in [0.29, 0.717) is 37.8 Å². The molecular weight excluding hydrogens is 585 g/mol. The molecule has 0 aliphatic carbocycles. The molecule has 2 aromatic heterocycles. The molecule has 1 atom stereocenters. The van der Waals surface area contributed by atoms with Crippen LogP contribution in [0.3, 0.4) is 0 Å². The Kier molecular flexibility index (Phi) is 8.26. The molecule has 0 saturated carbocycles. The number of nitrogens with zero attached hydrogens (tertiary/aromatic N) is 3. The average Bonchev–Trinajstić information content (AvgIpc) is 3.79. The first-order chi connectivity index (χ1) is 20.9. The van der Waals surface area contributed by atoms with Gasteiger partial charge in [0.05, 0.1) is 22.9 Å². The maximum atomic E-state index is 13.9. The molecule has 0 radical (unpaired) electrons. The van der Waals surface area contributed by atoms with Gasteiger partial charge in [-0.15, -0.1) is 11.3 Å². The lowest BCUT2D eigenvalue weighted by molar-refractivity contribution is -0.132. The lowest BCUT2D eigenvalue weighted by Gasteiger charge is -2.24. The highest BCUT2D eigenvalue weighted by Gasteiger charge is 2.33. The number of para-hydroxylation sites is 1. The highest BCUT2D eigenvalue weighted by atomic mass is 32.1. The second-order valence-corrected chi connectivity index (χ2v) is 12.2. The van der Waals surface area contributed by atoms with E-state index >= 15 is 0 Å². The number of carbonyl (C=O) groups is 2. The van der Waals surface area contributed by atoms with Gasteiger partial charge in [0.15, 0.2) is 22.9 Å². The minimum absolute atomic E-state index is 0.0443. The number of methoxy groups -OCH3 is 1. The quantitative estimate of drug-likeness (QED) is 0.324. The number of allylic oxidation sites excluding steroid dienone is 1. The highest BCUT2D eigenvalue weighted by Crippen LogP contribution is 2.33. The number of thiazole rings is 1. The molecule has 220 valence electrons. The number of amides is 2. The van der Waals surface area contributed by atoms with Gasteiger partial charge in [0.2, 0.25) is 0 Å². The minimum atomic E-state index is -0.611. The first kappa shape index (κ1) is 28.6. The fourth-order valence-corrected chi connectivity index (χ4v) is 7.16. The molecular formula is C32H30N4O5S2. The number of ether oxygens (including phenoxy) is 2. The molecule has 6 rings (SSSR count). The standard InChI is InChI=1S/C32H30N4O5S2/c1-20-28(30(38)34-22-9-4-3-5-10-22)29(25-11-8-16-42-25)36-31(39)26(43-32(36)33-20)18-21-12-13-23(24(17-21)40-2)41-19-27(37)35-14-6-7-15-35/h3-5,8-13,16-18,29H,6-7,14-15,19H2,1-2H3,(H,34,38)/b26-18+/t29-/m1/s1. The predicted octanol–water partition coefficient (Wildman–Crippen LogP) is 3.95. The summed E-state index contributed by atoms with van der Waals surface area (Å²) in [6, 6.07) is 17.8. The van der Waals surface area contributed by atoms with Gasteiger partial charge in [-0.25, -0.2) is 4.99 Å². The number of nitrogens with one attached hydrogen (secondary N) is 1. The van der Waals surface area contributed by atoms with Crippen LogP contribution in [-0.2, 0) is 9.59 Å². The Hall–Kier alpha value is -4.48. The van der Waals surface area contributed by atoms with Gasteiger partial charge in [-0.1, -0.05) is 41.7 Å². The molecule has 43 heavy (non-hydrogen) atoms. The van der Waals surface area contributed by atoms with E-state index in [1.54, 1.807) is 29.7 Å². The third-order valence-corrected chi connectivity index (χ3v) is 9.31. The summed E-state index contributed by atoms with van der Waals surface area (Å²) in [5.74, 6) is 0.569. The molecule has 2 aliphatic heterocycles. The number of hydrogen-bond donors (Lipinski definition) is 1. The van der Waals surface area contributed by atoms with Crippen LogP contribution in [0, 0.1) is 0 Å². The van der Waals surface area contributed by atoms with E-state index in [1.165, 1.54) is 29.8 Å². The Morgan fingerprint density at radius 2 is 1.86 bits per heavy atom. The Balaban J connectivity index is 1.32. The molecule has 0 spiro atoms. The minimum Gasteiger partial charge on any atom is -0.493 e. The van der Waals surface area contributed by atoms with Crippen LogP contribution in [0.4, 0.5) is 5.69 Å². The molecule has 4 aromatic rings. The number of carbonyl (C=O) groups excluding carboxylic acids is 2. The summed E-state index contributed by atoms with van der Waals surface area (Å²) in [5, 5.41) is 4.89. The average molecular weight is 615 g/mol. The van der Waals surface area contributed by atoms with Crippen LogP contribution in [0.5, 0.6) is 11.5 Å². The third kappa shape index (κ3) is 5.91. The molecule has 2 aliphatic rings. The van der Waals surface area contributed by atoms with Crippen molar-refractivity contribution in [3.63, 3.8) is 0 Å². The summed E-state index contributed by atoms with van der Waals surface area (Å²) < 4.78 is 13.4. The summed E-state index contributed by atoms with van der Waals surface area (Å²) >= 11 is 2.76. The lowest BCUT2D eigenvalue weighted by atomic mass is 10.0. The molecule has 0 bridgehead atoms. The molecule has 1 fully saturated rings. The second-order valence-electron chi connectivity index (χ2n) is 10.2. The fourth-order valence-electron chi connectivity index (χ4n) is 5.29. The van der Waals surface area contributed by atoms with Gasteiger partial charge in [0, 0.05) is 23.7 Å². The number of anilines is 1. The fraction of sp³-hybridized carbons (Fsp3) is 0.250. The van der Waals surface area contributed by atoms with Crippen LogP contribution in [-0.4, -0.2) is 48.1 Å². The Morgan fingerprint density at radius 3 is 2.58 bits per heavy atom. The van der Waals surface area contributed by atoms with E-state index in [-0.39, 0.29) is 24.0 Å². The van der Waals surface area contributed by atoms with Crippen LogP contribution in [0.25, 0.3) is 6.08 Å². The smallest absolute Gasteiger partial charge is 0.271 e. The summed E-state index contributed by atoms with van der Waals surface area (Å²) in [6.45, 7) is 3.27. The number of thiophene rings is 1. The molecule has 1 saturated heterocycles. The van der Waals surface area contributed by atoms with Crippen molar-refractivity contribution in [1.82, 2.24) is 9.47 Å². The van der Waals surface area contributed by atoms with Crippen LogP contribution < -0.4 is 29.7 Å². The van der Waals surface area contributed by atoms with E-state index < -0.39 is 6.04 Å². The Morgan fingerprint density at radius 1 is 1.07 bits per heavy atom. The summed E-state index contributed by atoms with van der Waals surface area (Å²) in [6.07, 6.45) is 3.82. The zero-order valence-electron chi connectivity index (χ0n) is 23.7. The molecule has 9 nitrogen and oxygen atoms in total. The molecule has 4 heterocycles. The first-order valence-electron chi connectivity index (χ1n) is 13.9. The first-order valence-corrected chi connectivity index (χ1v) is 15.6. The maximum absolute atomic E-state index is 13.9. The molecule has 0 unspecified atom stereocenters. The summed E-state index contributed by atoms with van der Waals surface area (Å²) in [5.41, 5.74) is 2.14. The van der Waals surface area contributed by atoms with Crippen molar-refractivity contribution in [3.8, 4) is 11.5 Å². The highest BCUT2D eigenvalue weighted by molar-refractivity contribution is 7.10. The largest absolute Gasteiger partial charge is 0.493 e. The van der Waals surface area contributed by atoms with Crippen molar-refractivity contribution in [2.24, 2.45) is 4.99 Å². The monoisotopic (exact) mass is 614 g/mol. The zero-order valence-corrected chi connectivity index (χ0v) is 25.4. The van der Waals surface area contributed by atoms with Crippen molar-refractivity contribution in [1.29, 1.82) is 0 Å². The zero-order chi connectivity index (χ0) is 29.9. The van der Waals surface area contributed by atoms with Gasteiger partial charge in [-0.3, -0.25) is 19.0 Å². The maximum Gasteiger partial charge on any atom is 0.271 e. The van der Waals surface area contributed by atoms with Crippen molar-refractivity contribution >= 4 is 46.3 Å². The number of hydrogen-bond acceptors (Lipinski definition) is 8. The van der Waals surface area contributed by atoms with Crippen molar-refractivity contribution < 1.29 is 19.1 Å². The Bertz CT molecular complexity index is 1870. The second kappa shape index (κ2) is 12.4. The lowest BCUT2D eigenvalue weighted by Crippen LogP contribution is -2.40. The van der Waals surface area contributed by atoms with E-state index in [4.69, 9.17) is 14.5 Å². The summed E-state index contributed by atoms with van der Waals surface area (Å²) in [7, 11) is 1.54. The number of aromatic nitrogens is 1. The SMILES string of the molecule is COc1cc(/C=c2/sc3n(c2=O)[C@H](c2cccs2)C(C(=O)Nc2ccccc2)=C(C)N=3)ccc1OCC(=O)N1CCCC1. The van der Waals surface area contributed by atoms with E-state index in [1.807, 2.05) is 58.8 Å². The molecule has 1 N–H and O–H groups in total. The van der Waals surface area contributed by atoms with Crippen molar-refractivity contribution in [3.05, 3.63) is 107 Å². The number of rotatable bonds is 8. The van der Waals surface area contributed by atoms with Gasteiger partial charge in [0.1, 0.15) is 6.04 Å². The van der Waals surface area contributed by atoms with E-state index in [9.17, 15) is 14.4 Å². The third-order valence-electron chi connectivity index (χ3n) is 7.41. The number of likely N-dealkylation sites (tertiary alicyclic amines) is 1. The van der Waals surface area contributed by atoms with Crippen LogP contribution >= 0.6 is 22.7 Å². The molecule has 11 heteroatoms. The number of fused-ring (bicyclic) bond motifs is 1. The van der Waals surface area contributed by atoms with Crippen LogP contribution in [0.15, 0.2) is 87.1 Å². The number of benzene rings is 2. The van der Waals surface area contributed by atoms with Crippen LogP contribution in [0.1, 0.15) is 36.2 Å². The van der Waals surface area contributed by atoms with Gasteiger partial charge in [-0.05, 0) is 67.1 Å². The topological polar surface area (TPSA) is 102 Å². The predicted molar refractivity (Wildman–Crippen MR) is 167 cm³/mol. The van der Waals surface area contributed by atoms with E-state index in [0.717, 1.165) is 36.4 Å². The van der Waals surface area contributed by atoms with Gasteiger partial charge < -0.3 is 19.7 Å².